The standard InChI is InChI=1S/C14H10Cl3N5O/c1-7-4-11(23-14-12(18)13(17)19-6-20-14)22(21-7)8-2-3-9(15)10(16)5-8/h2-6H,18H2,1H3. The number of rotatable bonds is 3. The molecular formula is C14H10Cl3N5O. The van der Waals surface area contributed by atoms with Crippen LogP contribution < -0.4 is 10.5 Å². The summed E-state index contributed by atoms with van der Waals surface area (Å²) in [5.41, 5.74) is 7.39. The number of nitrogen functional groups attached to an aromatic ring is 1. The fourth-order valence-corrected chi connectivity index (χ4v) is 2.31. The van der Waals surface area contributed by atoms with E-state index in [1.54, 1.807) is 28.9 Å². The second kappa shape index (κ2) is 6.23. The topological polar surface area (TPSA) is 78.9 Å². The van der Waals surface area contributed by atoms with Crippen LogP contribution in [0, 0.1) is 6.92 Å². The maximum atomic E-state index is 6.06. The maximum Gasteiger partial charge on any atom is 0.249 e. The quantitative estimate of drug-likeness (QED) is 0.695. The summed E-state index contributed by atoms with van der Waals surface area (Å²) in [4.78, 5) is 7.76. The van der Waals surface area contributed by atoms with Gasteiger partial charge in [-0.1, -0.05) is 34.8 Å². The molecule has 0 saturated carbocycles. The van der Waals surface area contributed by atoms with Gasteiger partial charge in [-0.05, 0) is 25.1 Å². The first kappa shape index (κ1) is 15.9. The van der Waals surface area contributed by atoms with E-state index < -0.39 is 0 Å². The Labute approximate surface area is 146 Å². The number of ether oxygens (including phenoxy) is 1. The molecule has 2 heterocycles. The molecule has 0 saturated heterocycles. The predicted octanol–water partition coefficient (Wildman–Crippen LogP) is 4.31. The third kappa shape index (κ3) is 3.19. The van der Waals surface area contributed by atoms with Gasteiger partial charge in [0.05, 0.1) is 21.4 Å². The van der Waals surface area contributed by atoms with E-state index >= 15 is 0 Å². The van der Waals surface area contributed by atoms with Gasteiger partial charge in [0.2, 0.25) is 11.8 Å². The summed E-state index contributed by atoms with van der Waals surface area (Å²) in [5.74, 6) is 0.550. The molecule has 1 aromatic carbocycles. The van der Waals surface area contributed by atoms with Gasteiger partial charge in [0.1, 0.15) is 12.0 Å². The molecule has 2 aromatic heterocycles. The predicted molar refractivity (Wildman–Crippen MR) is 89.8 cm³/mol. The average Bonchev–Trinajstić information content (AvgIpc) is 2.87. The largest absolute Gasteiger partial charge is 0.418 e. The fourth-order valence-electron chi connectivity index (χ4n) is 1.89. The number of benzene rings is 1. The van der Waals surface area contributed by atoms with Crippen LogP contribution in [0.4, 0.5) is 5.69 Å². The van der Waals surface area contributed by atoms with Crippen LogP contribution in [0.5, 0.6) is 11.8 Å². The Morgan fingerprint density at radius 3 is 2.61 bits per heavy atom. The molecule has 6 nitrogen and oxygen atoms in total. The molecule has 0 aliphatic carbocycles. The normalized spacial score (nSPS) is 10.8. The molecule has 0 unspecified atom stereocenters. The number of nitrogens with two attached hydrogens (primary N) is 1. The summed E-state index contributed by atoms with van der Waals surface area (Å²) in [7, 11) is 0. The second-order valence-corrected chi connectivity index (χ2v) is 5.79. The number of hydrogen-bond acceptors (Lipinski definition) is 5. The van der Waals surface area contributed by atoms with Crippen LogP contribution in [0.25, 0.3) is 5.69 Å². The van der Waals surface area contributed by atoms with E-state index in [2.05, 4.69) is 15.1 Å². The molecule has 0 spiro atoms. The van der Waals surface area contributed by atoms with Crippen molar-refractivity contribution in [2.75, 3.05) is 5.73 Å². The fraction of sp³-hybridized carbons (Fsp3) is 0.0714. The summed E-state index contributed by atoms with van der Waals surface area (Å²) < 4.78 is 7.29. The Kier molecular flexibility index (Phi) is 4.30. The van der Waals surface area contributed by atoms with Gasteiger partial charge in [0.15, 0.2) is 5.15 Å². The number of halogens is 3. The first-order valence-electron chi connectivity index (χ1n) is 6.41. The van der Waals surface area contributed by atoms with Crippen molar-refractivity contribution in [3.8, 4) is 17.4 Å². The molecule has 2 N–H and O–H groups in total. The Morgan fingerprint density at radius 2 is 1.87 bits per heavy atom. The van der Waals surface area contributed by atoms with Crippen LogP contribution in [0.3, 0.4) is 0 Å². The molecule has 0 aliphatic rings. The van der Waals surface area contributed by atoms with Gasteiger partial charge in [0.25, 0.3) is 0 Å². The van der Waals surface area contributed by atoms with Crippen molar-refractivity contribution >= 4 is 40.5 Å². The molecule has 0 bridgehead atoms. The molecule has 118 valence electrons. The summed E-state index contributed by atoms with van der Waals surface area (Å²) in [6.07, 6.45) is 1.26. The van der Waals surface area contributed by atoms with E-state index in [0.29, 0.717) is 21.6 Å². The van der Waals surface area contributed by atoms with Crippen molar-refractivity contribution < 1.29 is 4.74 Å². The lowest BCUT2D eigenvalue weighted by atomic mass is 10.3. The van der Waals surface area contributed by atoms with E-state index in [-0.39, 0.29) is 16.7 Å². The van der Waals surface area contributed by atoms with Crippen molar-refractivity contribution in [1.29, 1.82) is 0 Å². The smallest absolute Gasteiger partial charge is 0.249 e. The Hall–Kier alpha value is -2.02. The van der Waals surface area contributed by atoms with E-state index in [4.69, 9.17) is 45.3 Å². The SMILES string of the molecule is Cc1cc(Oc2ncnc(Cl)c2N)n(-c2ccc(Cl)c(Cl)c2)n1. The zero-order chi connectivity index (χ0) is 16.6. The number of aromatic nitrogens is 4. The van der Waals surface area contributed by atoms with E-state index in [9.17, 15) is 0 Å². The van der Waals surface area contributed by atoms with Gasteiger partial charge in [-0.15, -0.1) is 0 Å². The third-order valence-electron chi connectivity index (χ3n) is 2.95. The van der Waals surface area contributed by atoms with Crippen molar-refractivity contribution in [1.82, 2.24) is 19.7 Å². The van der Waals surface area contributed by atoms with Crippen molar-refractivity contribution in [2.45, 2.75) is 6.92 Å². The molecular weight excluding hydrogens is 361 g/mol. The minimum absolute atomic E-state index is 0.118. The van der Waals surface area contributed by atoms with Gasteiger partial charge in [-0.2, -0.15) is 10.1 Å². The summed E-state index contributed by atoms with van der Waals surface area (Å²) in [6.45, 7) is 1.83. The molecule has 23 heavy (non-hydrogen) atoms. The van der Waals surface area contributed by atoms with Gasteiger partial charge < -0.3 is 10.5 Å². The minimum Gasteiger partial charge on any atom is -0.418 e. The molecule has 0 aliphatic heterocycles. The zero-order valence-corrected chi connectivity index (χ0v) is 14.1. The van der Waals surface area contributed by atoms with Crippen molar-refractivity contribution in [3.63, 3.8) is 0 Å². The van der Waals surface area contributed by atoms with Gasteiger partial charge in [-0.25, -0.2) is 9.67 Å². The number of aryl methyl sites for hydroxylation is 1. The van der Waals surface area contributed by atoms with Crippen LogP contribution in [0.1, 0.15) is 5.69 Å². The van der Waals surface area contributed by atoms with E-state index in [1.165, 1.54) is 6.33 Å². The lowest BCUT2D eigenvalue weighted by Crippen LogP contribution is -2.03. The number of anilines is 1. The highest BCUT2D eigenvalue weighted by Crippen LogP contribution is 2.32. The van der Waals surface area contributed by atoms with Crippen LogP contribution in [0.2, 0.25) is 15.2 Å². The number of hydrogen-bond donors (Lipinski definition) is 1. The summed E-state index contributed by atoms with van der Waals surface area (Å²) >= 11 is 17.9. The monoisotopic (exact) mass is 369 g/mol. The molecule has 0 radical (unpaired) electrons. The van der Waals surface area contributed by atoms with Gasteiger partial charge in [-0.3, -0.25) is 0 Å². The zero-order valence-electron chi connectivity index (χ0n) is 11.8. The lowest BCUT2D eigenvalue weighted by Gasteiger charge is -2.10. The molecule has 9 heteroatoms. The molecule has 0 atom stereocenters. The van der Waals surface area contributed by atoms with Crippen LogP contribution in [-0.2, 0) is 0 Å². The van der Waals surface area contributed by atoms with E-state index in [1.807, 2.05) is 6.92 Å². The molecule has 0 fully saturated rings. The van der Waals surface area contributed by atoms with Crippen molar-refractivity contribution in [2.24, 2.45) is 0 Å². The Bertz CT molecular complexity index is 881. The van der Waals surface area contributed by atoms with Crippen LogP contribution in [-0.4, -0.2) is 19.7 Å². The Morgan fingerprint density at radius 1 is 1.09 bits per heavy atom. The average molecular weight is 371 g/mol. The minimum atomic E-state index is 0.118. The lowest BCUT2D eigenvalue weighted by molar-refractivity contribution is 0.429. The van der Waals surface area contributed by atoms with Gasteiger partial charge >= 0.3 is 0 Å². The first-order chi connectivity index (χ1) is 11.0. The first-order valence-corrected chi connectivity index (χ1v) is 7.55. The van der Waals surface area contributed by atoms with Crippen molar-refractivity contribution in [3.05, 3.63) is 51.5 Å². The number of nitrogens with zero attached hydrogens (tertiary/aromatic N) is 4. The van der Waals surface area contributed by atoms with Crippen LogP contribution in [0.15, 0.2) is 30.6 Å². The highest BCUT2D eigenvalue weighted by molar-refractivity contribution is 6.42. The van der Waals surface area contributed by atoms with Crippen LogP contribution >= 0.6 is 34.8 Å². The summed E-state index contributed by atoms with van der Waals surface area (Å²) in [6, 6.07) is 6.86. The van der Waals surface area contributed by atoms with E-state index in [0.717, 1.165) is 5.69 Å². The molecule has 0 amide bonds. The maximum absolute atomic E-state index is 6.06. The second-order valence-electron chi connectivity index (χ2n) is 4.62. The molecule has 3 aromatic rings. The molecule has 3 rings (SSSR count). The Balaban J connectivity index is 2.04. The highest BCUT2D eigenvalue weighted by atomic mass is 35.5. The summed E-state index contributed by atoms with van der Waals surface area (Å²) in [5, 5.41) is 5.35. The third-order valence-corrected chi connectivity index (χ3v) is 3.99. The van der Waals surface area contributed by atoms with Gasteiger partial charge in [0, 0.05) is 6.07 Å². The highest BCUT2D eigenvalue weighted by Gasteiger charge is 2.15.